The summed E-state index contributed by atoms with van der Waals surface area (Å²) >= 11 is 0. The van der Waals surface area contributed by atoms with Crippen LogP contribution in [0.15, 0.2) is 77.7 Å². The van der Waals surface area contributed by atoms with Gasteiger partial charge in [-0.25, -0.2) is 8.42 Å². The van der Waals surface area contributed by atoms with Crippen molar-refractivity contribution in [2.45, 2.75) is 4.90 Å². The number of hydrogen-bond acceptors (Lipinski definition) is 7. The number of methoxy groups -OCH3 is 1. The van der Waals surface area contributed by atoms with Gasteiger partial charge in [-0.15, -0.1) is 0 Å². The molecule has 0 atom stereocenters. The smallest absolute Gasteiger partial charge is 0.270 e. The first-order valence-corrected chi connectivity index (χ1v) is 12.2. The van der Waals surface area contributed by atoms with Crippen LogP contribution in [0.4, 0.5) is 5.69 Å². The van der Waals surface area contributed by atoms with Gasteiger partial charge in [0.15, 0.2) is 0 Å². The van der Waals surface area contributed by atoms with Crippen molar-refractivity contribution in [3.63, 3.8) is 0 Å². The second-order valence-electron chi connectivity index (χ2n) is 7.72. The third-order valence-electron chi connectivity index (χ3n) is 5.60. The van der Waals surface area contributed by atoms with E-state index in [1.807, 2.05) is 6.07 Å². The van der Waals surface area contributed by atoms with Gasteiger partial charge in [0.2, 0.25) is 10.0 Å². The molecule has 0 radical (unpaired) electrons. The Balaban J connectivity index is 1.52. The van der Waals surface area contributed by atoms with Gasteiger partial charge < -0.3 is 14.4 Å². The Morgan fingerprint density at radius 3 is 2.17 bits per heavy atom. The Labute approximate surface area is 202 Å². The van der Waals surface area contributed by atoms with Gasteiger partial charge in [0, 0.05) is 38.3 Å². The second-order valence-corrected chi connectivity index (χ2v) is 9.66. The monoisotopic (exact) mass is 497 g/mol. The van der Waals surface area contributed by atoms with E-state index in [1.165, 1.54) is 46.6 Å². The highest BCUT2D eigenvalue weighted by Gasteiger charge is 2.32. The SMILES string of the molecule is COc1ccc(S(=O)(=O)N2CCN(C(=O)c3cc([N+](=O)[O-])ccc3Oc3ccccc3)CC2)cc1. The highest BCUT2D eigenvalue weighted by Crippen LogP contribution is 2.30. The molecule has 3 aromatic rings. The van der Waals surface area contributed by atoms with Gasteiger partial charge in [-0.3, -0.25) is 14.9 Å². The van der Waals surface area contributed by atoms with Gasteiger partial charge in [-0.2, -0.15) is 4.31 Å². The van der Waals surface area contributed by atoms with Gasteiger partial charge in [0.1, 0.15) is 17.2 Å². The number of rotatable bonds is 7. The largest absolute Gasteiger partial charge is 0.497 e. The van der Waals surface area contributed by atoms with Crippen LogP contribution in [0.1, 0.15) is 10.4 Å². The Kier molecular flexibility index (Phi) is 6.99. The number of hydrogen-bond donors (Lipinski definition) is 0. The van der Waals surface area contributed by atoms with E-state index in [1.54, 1.807) is 36.4 Å². The molecule has 10 nitrogen and oxygen atoms in total. The van der Waals surface area contributed by atoms with Crippen molar-refractivity contribution in [3.8, 4) is 17.2 Å². The molecular weight excluding hydrogens is 474 g/mol. The quantitative estimate of drug-likeness (QED) is 0.362. The molecule has 0 bridgehead atoms. The van der Waals surface area contributed by atoms with Crippen LogP contribution in [-0.2, 0) is 10.0 Å². The normalized spacial score (nSPS) is 14.4. The Bertz CT molecular complexity index is 1320. The number of nitro benzene ring substituents is 1. The zero-order valence-electron chi connectivity index (χ0n) is 18.9. The minimum absolute atomic E-state index is 0.0366. The summed E-state index contributed by atoms with van der Waals surface area (Å²) in [5.41, 5.74) is -0.205. The fraction of sp³-hybridized carbons (Fsp3) is 0.208. The number of carbonyl (C=O) groups excluding carboxylic acids is 1. The Morgan fingerprint density at radius 2 is 1.57 bits per heavy atom. The molecule has 1 fully saturated rings. The molecule has 1 aliphatic heterocycles. The fourth-order valence-corrected chi connectivity index (χ4v) is 5.12. The summed E-state index contributed by atoms with van der Waals surface area (Å²) in [7, 11) is -2.24. The van der Waals surface area contributed by atoms with E-state index in [-0.39, 0.29) is 48.1 Å². The summed E-state index contributed by atoms with van der Waals surface area (Å²) < 4.78 is 38.2. The number of nitrogens with zero attached hydrogens (tertiary/aromatic N) is 3. The molecule has 4 rings (SSSR count). The number of carbonyl (C=O) groups is 1. The first-order chi connectivity index (χ1) is 16.8. The number of para-hydroxylation sites is 1. The lowest BCUT2D eigenvalue weighted by atomic mass is 10.1. The van der Waals surface area contributed by atoms with E-state index in [0.29, 0.717) is 11.5 Å². The van der Waals surface area contributed by atoms with Crippen LogP contribution in [0, 0.1) is 10.1 Å². The standard InChI is InChI=1S/C24H23N3O7S/c1-33-19-8-10-21(11-9-19)35(31,32)26-15-13-25(14-16-26)24(28)22-17-18(27(29)30)7-12-23(22)34-20-5-3-2-4-6-20/h2-12,17H,13-16H2,1H3. The molecule has 3 aromatic carbocycles. The molecule has 0 aromatic heterocycles. The van der Waals surface area contributed by atoms with Crippen molar-refractivity contribution in [2.24, 2.45) is 0 Å². The van der Waals surface area contributed by atoms with Gasteiger partial charge in [-0.1, -0.05) is 18.2 Å². The van der Waals surface area contributed by atoms with Crippen LogP contribution in [0.3, 0.4) is 0 Å². The van der Waals surface area contributed by atoms with E-state index < -0.39 is 20.9 Å². The van der Waals surface area contributed by atoms with Crippen molar-refractivity contribution in [2.75, 3.05) is 33.3 Å². The molecule has 0 N–H and O–H groups in total. The van der Waals surface area contributed by atoms with Gasteiger partial charge >= 0.3 is 0 Å². The van der Waals surface area contributed by atoms with E-state index in [9.17, 15) is 23.3 Å². The molecule has 0 aliphatic carbocycles. The van der Waals surface area contributed by atoms with Crippen LogP contribution in [-0.4, -0.2) is 61.7 Å². The van der Waals surface area contributed by atoms with Crippen molar-refractivity contribution >= 4 is 21.6 Å². The topological polar surface area (TPSA) is 119 Å². The summed E-state index contributed by atoms with van der Waals surface area (Å²) in [6.45, 7) is 0.428. The number of nitro groups is 1. The number of sulfonamides is 1. The van der Waals surface area contributed by atoms with Crippen LogP contribution >= 0.6 is 0 Å². The van der Waals surface area contributed by atoms with Crippen LogP contribution in [0.2, 0.25) is 0 Å². The fourth-order valence-electron chi connectivity index (χ4n) is 3.70. The summed E-state index contributed by atoms with van der Waals surface area (Å²) in [5, 5.41) is 11.3. The first kappa shape index (κ1) is 24.2. The van der Waals surface area contributed by atoms with E-state index in [0.717, 1.165) is 0 Å². The average molecular weight is 498 g/mol. The summed E-state index contributed by atoms with van der Waals surface area (Å²) in [6, 6.07) is 18.7. The zero-order valence-corrected chi connectivity index (χ0v) is 19.7. The van der Waals surface area contributed by atoms with Crippen LogP contribution in [0.5, 0.6) is 17.2 Å². The van der Waals surface area contributed by atoms with Crippen LogP contribution < -0.4 is 9.47 Å². The molecular formula is C24H23N3O7S. The van der Waals surface area contributed by atoms with Crippen molar-refractivity contribution in [1.82, 2.24) is 9.21 Å². The molecule has 35 heavy (non-hydrogen) atoms. The predicted octanol–water partition coefficient (Wildman–Crippen LogP) is 3.54. The van der Waals surface area contributed by atoms with Crippen LogP contribution in [0.25, 0.3) is 0 Å². The van der Waals surface area contributed by atoms with Gasteiger partial charge in [-0.05, 0) is 42.5 Å². The van der Waals surface area contributed by atoms with Gasteiger partial charge in [0.05, 0.1) is 22.5 Å². The highest BCUT2D eigenvalue weighted by atomic mass is 32.2. The third kappa shape index (κ3) is 5.26. The number of ether oxygens (including phenoxy) is 2. The maximum atomic E-state index is 13.3. The third-order valence-corrected chi connectivity index (χ3v) is 7.51. The summed E-state index contributed by atoms with van der Waals surface area (Å²) in [4.78, 5) is 25.7. The molecule has 0 saturated carbocycles. The van der Waals surface area contributed by atoms with Crippen molar-refractivity contribution in [3.05, 3.63) is 88.5 Å². The van der Waals surface area contributed by atoms with Crippen molar-refractivity contribution in [1.29, 1.82) is 0 Å². The lowest BCUT2D eigenvalue weighted by Gasteiger charge is -2.34. The maximum absolute atomic E-state index is 13.3. The summed E-state index contributed by atoms with van der Waals surface area (Å²) in [6.07, 6.45) is 0. The average Bonchev–Trinajstić information content (AvgIpc) is 2.89. The maximum Gasteiger partial charge on any atom is 0.270 e. The molecule has 11 heteroatoms. The number of piperazine rings is 1. The Morgan fingerprint density at radius 1 is 0.914 bits per heavy atom. The number of non-ortho nitro benzene ring substituents is 1. The first-order valence-electron chi connectivity index (χ1n) is 10.7. The van der Waals surface area contributed by atoms with Crippen molar-refractivity contribution < 1.29 is 27.6 Å². The Hall–Kier alpha value is -3.96. The molecule has 182 valence electrons. The molecule has 0 unspecified atom stereocenters. The van der Waals surface area contributed by atoms with Gasteiger partial charge in [0.25, 0.3) is 11.6 Å². The molecule has 1 saturated heterocycles. The predicted molar refractivity (Wildman–Crippen MR) is 127 cm³/mol. The van der Waals surface area contributed by atoms with E-state index >= 15 is 0 Å². The lowest BCUT2D eigenvalue weighted by molar-refractivity contribution is -0.384. The molecule has 0 spiro atoms. The second kappa shape index (κ2) is 10.1. The summed E-state index contributed by atoms with van der Waals surface area (Å²) in [5.74, 6) is 0.733. The van der Waals surface area contributed by atoms with E-state index in [4.69, 9.17) is 9.47 Å². The lowest BCUT2D eigenvalue weighted by Crippen LogP contribution is -2.50. The zero-order chi connectivity index (χ0) is 25.0. The van der Waals surface area contributed by atoms with E-state index in [2.05, 4.69) is 0 Å². The molecule has 1 amide bonds. The minimum atomic E-state index is -3.74. The molecule has 1 heterocycles. The minimum Gasteiger partial charge on any atom is -0.497 e. The number of amides is 1. The highest BCUT2D eigenvalue weighted by molar-refractivity contribution is 7.89. The molecule has 1 aliphatic rings. The number of benzene rings is 3.